The average Bonchev–Trinajstić information content (AvgIpc) is 3.29. The number of carbonyl (C=O) groups is 1. The van der Waals surface area contributed by atoms with Crippen molar-refractivity contribution in [2.24, 2.45) is 0 Å². The number of amides is 1. The first-order valence-corrected chi connectivity index (χ1v) is 16.1. The molecule has 2 aliphatic heterocycles. The Morgan fingerprint density at radius 1 is 1.00 bits per heavy atom. The Morgan fingerprint density at radius 3 is 2.46 bits per heavy atom. The summed E-state index contributed by atoms with van der Waals surface area (Å²) in [7, 11) is -3.54. The number of nitrogens with zero attached hydrogens (tertiary/aromatic N) is 3. The number of halogens is 1. The van der Waals surface area contributed by atoms with E-state index >= 15 is 0 Å². The molecule has 2 aliphatic rings. The Hall–Kier alpha value is -2.17. The lowest BCUT2D eigenvalue weighted by molar-refractivity contribution is 0.0225. The number of sulfonamides is 1. The normalized spacial score (nSPS) is 17.4. The van der Waals surface area contributed by atoms with Gasteiger partial charge in [-0.15, -0.1) is 11.3 Å². The van der Waals surface area contributed by atoms with E-state index in [9.17, 15) is 13.2 Å². The third kappa shape index (κ3) is 6.77. The van der Waals surface area contributed by atoms with Crippen LogP contribution in [0, 0.1) is 0 Å². The van der Waals surface area contributed by atoms with Gasteiger partial charge >= 0.3 is 6.09 Å². The Kier molecular flexibility index (Phi) is 8.27. The Labute approximate surface area is 240 Å². The standard InChI is InChI=1S/C29H36ClN3O4S2/c1-29(2,3)37-28(34)32-12-10-27-23(20-32)18-25(38-27)5-4-11-31-13-15-33(16-14-31)39(35,36)26-9-7-21-17-24(30)8-6-22(21)19-26/h6-9,17-19H,4-5,10-16,20H2,1-3H3. The van der Waals surface area contributed by atoms with Crippen molar-refractivity contribution in [2.75, 3.05) is 39.3 Å². The van der Waals surface area contributed by atoms with Crippen molar-refractivity contribution in [3.63, 3.8) is 0 Å². The number of carbonyl (C=O) groups excluding carboxylic acids is 1. The molecule has 1 saturated heterocycles. The van der Waals surface area contributed by atoms with E-state index in [1.165, 1.54) is 15.3 Å². The van der Waals surface area contributed by atoms with Gasteiger partial charge in [0.15, 0.2) is 0 Å². The van der Waals surface area contributed by atoms with Gasteiger partial charge in [-0.3, -0.25) is 0 Å². The van der Waals surface area contributed by atoms with Gasteiger partial charge in [0.1, 0.15) is 5.60 Å². The second-order valence-electron chi connectivity index (χ2n) is 11.3. The largest absolute Gasteiger partial charge is 0.444 e. The molecule has 0 aliphatic carbocycles. The molecule has 0 radical (unpaired) electrons. The summed E-state index contributed by atoms with van der Waals surface area (Å²) in [6.07, 6.45) is 2.65. The monoisotopic (exact) mass is 589 g/mol. The van der Waals surface area contributed by atoms with E-state index in [1.54, 1.807) is 27.4 Å². The molecule has 0 saturated carbocycles. The fourth-order valence-corrected chi connectivity index (χ4v) is 8.03. The minimum Gasteiger partial charge on any atom is -0.444 e. The van der Waals surface area contributed by atoms with Gasteiger partial charge < -0.3 is 14.5 Å². The van der Waals surface area contributed by atoms with Crippen LogP contribution in [0.1, 0.15) is 42.5 Å². The maximum absolute atomic E-state index is 13.3. The van der Waals surface area contributed by atoms with Gasteiger partial charge in [0.2, 0.25) is 10.0 Å². The highest BCUT2D eigenvalue weighted by Gasteiger charge is 2.29. The predicted octanol–water partition coefficient (Wildman–Crippen LogP) is 5.79. The molecule has 0 bridgehead atoms. The fourth-order valence-electron chi connectivity index (χ4n) is 5.17. The maximum atomic E-state index is 13.3. The van der Waals surface area contributed by atoms with Crippen LogP contribution in [0.4, 0.5) is 4.79 Å². The molecule has 2 aromatic carbocycles. The first kappa shape index (κ1) is 28.4. The van der Waals surface area contributed by atoms with Crippen LogP contribution in [0.5, 0.6) is 0 Å². The van der Waals surface area contributed by atoms with Crippen LogP contribution in [0.2, 0.25) is 5.02 Å². The van der Waals surface area contributed by atoms with Crippen LogP contribution in [-0.2, 0) is 34.1 Å². The average molecular weight is 590 g/mol. The highest BCUT2D eigenvalue weighted by Crippen LogP contribution is 2.30. The zero-order chi connectivity index (χ0) is 27.8. The van der Waals surface area contributed by atoms with E-state index in [0.29, 0.717) is 36.1 Å². The molecule has 0 unspecified atom stereocenters. The number of aryl methyl sites for hydroxylation is 1. The molecular weight excluding hydrogens is 554 g/mol. The minimum atomic E-state index is -3.54. The highest BCUT2D eigenvalue weighted by molar-refractivity contribution is 7.89. The van der Waals surface area contributed by atoms with Gasteiger partial charge in [0.05, 0.1) is 11.4 Å². The summed E-state index contributed by atoms with van der Waals surface area (Å²) < 4.78 is 33.7. The van der Waals surface area contributed by atoms with E-state index in [4.69, 9.17) is 16.3 Å². The van der Waals surface area contributed by atoms with E-state index in [0.717, 1.165) is 49.7 Å². The molecule has 0 spiro atoms. The number of ether oxygens (including phenoxy) is 1. The first-order chi connectivity index (χ1) is 18.5. The molecule has 1 fully saturated rings. The molecule has 0 atom stereocenters. The quantitative estimate of drug-likeness (QED) is 0.364. The van der Waals surface area contributed by atoms with E-state index in [-0.39, 0.29) is 6.09 Å². The number of thiophene rings is 1. The lowest BCUT2D eigenvalue weighted by Crippen LogP contribution is -2.48. The molecule has 5 rings (SSSR count). The number of rotatable bonds is 6. The smallest absolute Gasteiger partial charge is 0.410 e. The minimum absolute atomic E-state index is 0.243. The number of hydrogen-bond acceptors (Lipinski definition) is 6. The maximum Gasteiger partial charge on any atom is 0.410 e. The Morgan fingerprint density at radius 2 is 1.72 bits per heavy atom. The summed E-state index contributed by atoms with van der Waals surface area (Å²) in [6, 6.07) is 13.0. The zero-order valence-corrected chi connectivity index (χ0v) is 25.2. The topological polar surface area (TPSA) is 70.2 Å². The first-order valence-electron chi connectivity index (χ1n) is 13.5. The van der Waals surface area contributed by atoms with Crippen molar-refractivity contribution in [2.45, 2.75) is 57.1 Å². The highest BCUT2D eigenvalue weighted by atomic mass is 35.5. The van der Waals surface area contributed by atoms with Crippen LogP contribution >= 0.6 is 22.9 Å². The van der Waals surface area contributed by atoms with Crippen molar-refractivity contribution in [3.05, 3.63) is 62.8 Å². The van der Waals surface area contributed by atoms with E-state index in [1.807, 2.05) is 50.3 Å². The molecule has 10 heteroatoms. The molecule has 1 amide bonds. The molecule has 3 heterocycles. The summed E-state index contributed by atoms with van der Waals surface area (Å²) >= 11 is 7.92. The van der Waals surface area contributed by atoms with Crippen LogP contribution < -0.4 is 0 Å². The molecule has 39 heavy (non-hydrogen) atoms. The van der Waals surface area contributed by atoms with Crippen LogP contribution in [-0.4, -0.2) is 73.5 Å². The van der Waals surface area contributed by atoms with Crippen molar-refractivity contribution >= 4 is 49.8 Å². The summed E-state index contributed by atoms with van der Waals surface area (Å²) in [5.74, 6) is 0. The summed E-state index contributed by atoms with van der Waals surface area (Å²) in [5, 5.41) is 2.43. The Balaban J connectivity index is 1.10. The molecule has 3 aromatic rings. The number of hydrogen-bond donors (Lipinski definition) is 0. The summed E-state index contributed by atoms with van der Waals surface area (Å²) in [5.41, 5.74) is 0.751. The van der Waals surface area contributed by atoms with Crippen LogP contribution in [0.3, 0.4) is 0 Å². The zero-order valence-electron chi connectivity index (χ0n) is 22.8. The number of piperazine rings is 1. The van der Waals surface area contributed by atoms with Crippen LogP contribution in [0.15, 0.2) is 47.4 Å². The number of benzene rings is 2. The van der Waals surface area contributed by atoms with Crippen molar-refractivity contribution in [1.82, 2.24) is 14.1 Å². The van der Waals surface area contributed by atoms with Gasteiger partial charge in [0, 0.05) is 47.5 Å². The second kappa shape index (κ2) is 11.4. The van der Waals surface area contributed by atoms with Crippen molar-refractivity contribution < 1.29 is 17.9 Å². The van der Waals surface area contributed by atoms with Gasteiger partial charge in [0.25, 0.3) is 0 Å². The lowest BCUT2D eigenvalue weighted by Gasteiger charge is -2.34. The number of fused-ring (bicyclic) bond motifs is 2. The SMILES string of the molecule is CC(C)(C)OC(=O)N1CCc2sc(CCCN3CCN(S(=O)(=O)c4ccc5cc(Cl)ccc5c4)CC3)cc2C1. The lowest BCUT2D eigenvalue weighted by atomic mass is 10.1. The molecular formula is C29H36ClN3O4S2. The molecule has 0 N–H and O–H groups in total. The van der Waals surface area contributed by atoms with Crippen molar-refractivity contribution in [3.8, 4) is 0 Å². The van der Waals surface area contributed by atoms with Gasteiger partial charge in [-0.1, -0.05) is 23.7 Å². The third-order valence-electron chi connectivity index (χ3n) is 7.21. The van der Waals surface area contributed by atoms with E-state index < -0.39 is 15.6 Å². The van der Waals surface area contributed by atoms with E-state index in [2.05, 4.69) is 11.0 Å². The predicted molar refractivity (Wildman–Crippen MR) is 157 cm³/mol. The fraction of sp³-hybridized carbons (Fsp3) is 0.483. The third-order valence-corrected chi connectivity index (χ3v) is 10.6. The Bertz CT molecular complexity index is 1460. The molecule has 1 aromatic heterocycles. The van der Waals surface area contributed by atoms with Gasteiger partial charge in [-0.05, 0) is 93.2 Å². The molecule has 210 valence electrons. The summed E-state index contributed by atoms with van der Waals surface area (Å²) in [6.45, 7) is 10.4. The van der Waals surface area contributed by atoms with Crippen LogP contribution in [0.25, 0.3) is 10.8 Å². The molecule has 7 nitrogen and oxygen atoms in total. The second-order valence-corrected chi connectivity index (χ2v) is 14.9. The van der Waals surface area contributed by atoms with Crippen molar-refractivity contribution in [1.29, 1.82) is 0 Å². The van der Waals surface area contributed by atoms with Gasteiger partial charge in [-0.2, -0.15) is 4.31 Å². The van der Waals surface area contributed by atoms with Gasteiger partial charge in [-0.25, -0.2) is 13.2 Å². The summed E-state index contributed by atoms with van der Waals surface area (Å²) in [4.78, 5) is 19.7.